The molecule has 0 saturated carbocycles. The van der Waals surface area contributed by atoms with Crippen LogP contribution in [0.2, 0.25) is 0 Å². The van der Waals surface area contributed by atoms with Crippen LogP contribution in [-0.2, 0) is 20.0 Å². The third-order valence-electron chi connectivity index (χ3n) is 3.27. The molecule has 1 heterocycles. The average Bonchev–Trinajstić information content (AvgIpc) is 2.88. The van der Waals surface area contributed by atoms with Crippen molar-refractivity contribution in [2.75, 3.05) is 20.8 Å². The summed E-state index contributed by atoms with van der Waals surface area (Å²) < 4.78 is 12.4. The molecule has 0 fully saturated rings. The zero-order valence-electron chi connectivity index (χ0n) is 12.6. The van der Waals surface area contributed by atoms with Gasteiger partial charge in [0, 0.05) is 19.8 Å². The van der Waals surface area contributed by atoms with Crippen molar-refractivity contribution in [2.24, 2.45) is 7.05 Å². The highest BCUT2D eigenvalue weighted by Gasteiger charge is 2.04. The zero-order valence-corrected chi connectivity index (χ0v) is 13.4. The zero-order chi connectivity index (χ0) is 14.4. The lowest BCUT2D eigenvalue weighted by atomic mass is 10.1. The third kappa shape index (κ3) is 4.65. The van der Waals surface area contributed by atoms with Crippen LogP contribution < -0.4 is 14.8 Å². The maximum Gasteiger partial charge on any atom is 0.160 e. The van der Waals surface area contributed by atoms with E-state index in [0.717, 1.165) is 31.0 Å². The van der Waals surface area contributed by atoms with Crippen LogP contribution in [0.25, 0.3) is 0 Å². The van der Waals surface area contributed by atoms with Gasteiger partial charge >= 0.3 is 0 Å². The normalized spacial score (nSPS) is 10.0. The second-order valence-electron chi connectivity index (χ2n) is 4.56. The topological polar surface area (TPSA) is 48.3 Å². The fraction of sp³-hybridized carbons (Fsp3) is 0.400. The van der Waals surface area contributed by atoms with Gasteiger partial charge in [0.25, 0.3) is 0 Å². The molecule has 0 amide bonds. The Morgan fingerprint density at radius 1 is 1.14 bits per heavy atom. The van der Waals surface area contributed by atoms with Crippen LogP contribution in [0, 0.1) is 0 Å². The number of nitrogens with one attached hydrogen (secondary N) is 1. The number of halogens is 1. The number of ether oxygens (including phenoxy) is 2. The van der Waals surface area contributed by atoms with E-state index in [-0.39, 0.29) is 12.4 Å². The van der Waals surface area contributed by atoms with Gasteiger partial charge in [-0.05, 0) is 36.7 Å². The predicted octanol–water partition coefficient (Wildman–Crippen LogP) is 2.19. The number of aromatic nitrogens is 2. The summed E-state index contributed by atoms with van der Waals surface area (Å²) in [4.78, 5) is 0. The first-order valence-corrected chi connectivity index (χ1v) is 6.63. The minimum Gasteiger partial charge on any atom is -0.493 e. The predicted molar refractivity (Wildman–Crippen MR) is 85.4 cm³/mol. The molecule has 2 rings (SSSR count). The summed E-state index contributed by atoms with van der Waals surface area (Å²) in [7, 11) is 5.25. The van der Waals surface area contributed by atoms with E-state index in [1.54, 1.807) is 14.2 Å². The van der Waals surface area contributed by atoms with Gasteiger partial charge in [0.05, 0.1) is 19.9 Å². The molecule has 116 valence electrons. The lowest BCUT2D eigenvalue weighted by molar-refractivity contribution is 0.354. The molecule has 0 aliphatic rings. The number of rotatable bonds is 7. The fourth-order valence-corrected chi connectivity index (χ4v) is 2.06. The first-order chi connectivity index (χ1) is 9.74. The first-order valence-electron chi connectivity index (χ1n) is 6.63. The molecule has 6 heteroatoms. The van der Waals surface area contributed by atoms with E-state index < -0.39 is 0 Å². The Morgan fingerprint density at radius 3 is 2.52 bits per heavy atom. The lowest BCUT2D eigenvalue weighted by Gasteiger charge is -2.10. The fourth-order valence-electron chi connectivity index (χ4n) is 2.06. The van der Waals surface area contributed by atoms with E-state index in [1.807, 2.05) is 36.1 Å². The highest BCUT2D eigenvalue weighted by molar-refractivity contribution is 5.85. The van der Waals surface area contributed by atoms with E-state index in [4.69, 9.17) is 9.47 Å². The number of aryl methyl sites for hydroxylation is 1. The second-order valence-corrected chi connectivity index (χ2v) is 4.56. The van der Waals surface area contributed by atoms with Crippen LogP contribution in [-0.4, -0.2) is 30.5 Å². The van der Waals surface area contributed by atoms with Crippen molar-refractivity contribution in [1.29, 1.82) is 0 Å². The number of benzene rings is 1. The molecule has 21 heavy (non-hydrogen) atoms. The highest BCUT2D eigenvalue weighted by Crippen LogP contribution is 2.27. The lowest BCUT2D eigenvalue weighted by Crippen LogP contribution is -2.18. The van der Waals surface area contributed by atoms with Crippen molar-refractivity contribution in [2.45, 2.75) is 13.0 Å². The molecule has 2 aromatic rings. The van der Waals surface area contributed by atoms with E-state index in [9.17, 15) is 0 Å². The Bertz CT molecular complexity index is 558. The summed E-state index contributed by atoms with van der Waals surface area (Å²) in [5, 5.41) is 7.55. The Hall–Kier alpha value is -1.72. The van der Waals surface area contributed by atoms with Gasteiger partial charge in [-0.3, -0.25) is 4.68 Å². The van der Waals surface area contributed by atoms with E-state index in [2.05, 4.69) is 16.5 Å². The summed E-state index contributed by atoms with van der Waals surface area (Å²) in [5.74, 6) is 1.54. The van der Waals surface area contributed by atoms with Gasteiger partial charge in [-0.25, -0.2) is 0 Å². The van der Waals surface area contributed by atoms with Gasteiger partial charge < -0.3 is 14.8 Å². The maximum atomic E-state index is 5.30. The minimum absolute atomic E-state index is 0. The van der Waals surface area contributed by atoms with Crippen molar-refractivity contribution in [3.8, 4) is 11.5 Å². The smallest absolute Gasteiger partial charge is 0.160 e. The van der Waals surface area contributed by atoms with Gasteiger partial charge in [-0.15, -0.1) is 12.4 Å². The number of methoxy groups -OCH3 is 2. The Balaban J connectivity index is 0.00000220. The Kier molecular flexibility index (Phi) is 7.05. The van der Waals surface area contributed by atoms with Crippen molar-refractivity contribution in [3.05, 3.63) is 41.7 Å². The average molecular weight is 312 g/mol. The van der Waals surface area contributed by atoms with Crippen LogP contribution >= 0.6 is 12.4 Å². The Morgan fingerprint density at radius 2 is 1.90 bits per heavy atom. The SMILES string of the molecule is COc1ccc(CCNCc2ccnn2C)cc1OC.Cl. The van der Waals surface area contributed by atoms with E-state index >= 15 is 0 Å². The van der Waals surface area contributed by atoms with Gasteiger partial charge in [0.1, 0.15) is 0 Å². The summed E-state index contributed by atoms with van der Waals surface area (Å²) in [6, 6.07) is 8.04. The third-order valence-corrected chi connectivity index (χ3v) is 3.27. The highest BCUT2D eigenvalue weighted by atomic mass is 35.5. The maximum absolute atomic E-state index is 5.30. The second kappa shape index (κ2) is 8.54. The molecule has 0 atom stereocenters. The quantitative estimate of drug-likeness (QED) is 0.796. The van der Waals surface area contributed by atoms with Crippen LogP contribution in [0.1, 0.15) is 11.3 Å². The minimum atomic E-state index is 0. The van der Waals surface area contributed by atoms with Crippen LogP contribution in [0.4, 0.5) is 0 Å². The summed E-state index contributed by atoms with van der Waals surface area (Å²) >= 11 is 0. The summed E-state index contributed by atoms with van der Waals surface area (Å²) in [5.41, 5.74) is 2.40. The molecule has 0 unspecified atom stereocenters. The van der Waals surface area contributed by atoms with E-state index in [1.165, 1.54) is 11.3 Å². The van der Waals surface area contributed by atoms with Gasteiger partial charge in [0.2, 0.25) is 0 Å². The number of hydrogen-bond acceptors (Lipinski definition) is 4. The monoisotopic (exact) mass is 311 g/mol. The van der Waals surface area contributed by atoms with Crippen molar-refractivity contribution < 1.29 is 9.47 Å². The standard InChI is InChI=1S/C15H21N3O2.ClH/c1-18-13(7-9-17-18)11-16-8-6-12-4-5-14(19-2)15(10-12)20-3;/h4-5,7,9-10,16H,6,8,11H2,1-3H3;1H. The molecule has 0 spiro atoms. The van der Waals surface area contributed by atoms with E-state index in [0.29, 0.717) is 0 Å². The molecule has 1 aromatic heterocycles. The van der Waals surface area contributed by atoms with Crippen LogP contribution in [0.15, 0.2) is 30.5 Å². The van der Waals surface area contributed by atoms with Gasteiger partial charge in [-0.1, -0.05) is 6.07 Å². The molecule has 0 radical (unpaired) electrons. The molecule has 5 nitrogen and oxygen atoms in total. The summed E-state index contributed by atoms with van der Waals surface area (Å²) in [6.07, 6.45) is 2.75. The number of hydrogen-bond donors (Lipinski definition) is 1. The van der Waals surface area contributed by atoms with Crippen molar-refractivity contribution in [1.82, 2.24) is 15.1 Å². The molecular weight excluding hydrogens is 290 g/mol. The summed E-state index contributed by atoms with van der Waals surface area (Å²) in [6.45, 7) is 1.73. The molecule has 1 aromatic carbocycles. The van der Waals surface area contributed by atoms with Crippen molar-refractivity contribution in [3.63, 3.8) is 0 Å². The van der Waals surface area contributed by atoms with Gasteiger partial charge in [-0.2, -0.15) is 5.10 Å². The van der Waals surface area contributed by atoms with Crippen LogP contribution in [0.5, 0.6) is 11.5 Å². The van der Waals surface area contributed by atoms with Crippen LogP contribution in [0.3, 0.4) is 0 Å². The molecule has 0 aliphatic carbocycles. The molecule has 1 N–H and O–H groups in total. The van der Waals surface area contributed by atoms with Crippen molar-refractivity contribution >= 4 is 12.4 Å². The largest absolute Gasteiger partial charge is 0.493 e. The molecule has 0 bridgehead atoms. The molecule has 0 aliphatic heterocycles. The molecular formula is C15H22ClN3O2. The van der Waals surface area contributed by atoms with Gasteiger partial charge in [0.15, 0.2) is 11.5 Å². The number of nitrogens with zero attached hydrogens (tertiary/aromatic N) is 2. The Labute approximate surface area is 131 Å². The first kappa shape index (κ1) is 17.3. The molecule has 0 saturated heterocycles.